The van der Waals surface area contributed by atoms with Crippen molar-refractivity contribution in [1.82, 2.24) is 15.1 Å². The van der Waals surface area contributed by atoms with Crippen LogP contribution in [0.15, 0.2) is 23.1 Å². The smallest absolute Gasteiger partial charge is 0.471 e. The molecule has 4 amide bonds. The average molecular weight is 640 g/mol. The number of anilines is 1. The topological polar surface area (TPSA) is 166 Å². The fraction of sp³-hybridized carbons (Fsp3) is 0.607. The molecule has 1 aromatic rings. The summed E-state index contributed by atoms with van der Waals surface area (Å²) in [6.45, 7) is -0.391. The van der Waals surface area contributed by atoms with Crippen LogP contribution in [0.2, 0.25) is 0 Å². The van der Waals surface area contributed by atoms with Crippen molar-refractivity contribution in [3.05, 3.63) is 18.2 Å². The lowest BCUT2D eigenvalue weighted by atomic mass is 9.97. The molecule has 1 spiro atoms. The van der Waals surface area contributed by atoms with Crippen molar-refractivity contribution in [2.24, 2.45) is 11.8 Å². The highest BCUT2D eigenvalue weighted by Gasteiger charge is 2.57. The number of nitrogens with zero attached hydrogens (tertiary/aromatic N) is 3. The fourth-order valence-corrected chi connectivity index (χ4v) is 6.34. The maximum atomic E-state index is 14.1. The molecule has 2 N–H and O–H groups in total. The van der Waals surface area contributed by atoms with Crippen LogP contribution in [-0.2, 0) is 29.0 Å². The van der Waals surface area contributed by atoms with Gasteiger partial charge in [0.1, 0.15) is 23.9 Å². The Morgan fingerprint density at radius 1 is 1.20 bits per heavy atom. The summed E-state index contributed by atoms with van der Waals surface area (Å²) < 4.78 is 69.4. The molecule has 1 aromatic carbocycles. The number of nitrogens with one attached hydrogen (secondary N) is 2. The number of ether oxygens (including phenoxy) is 1. The van der Waals surface area contributed by atoms with Gasteiger partial charge in [-0.2, -0.15) is 18.4 Å². The first-order chi connectivity index (χ1) is 20.5. The fourth-order valence-electron chi connectivity index (χ4n) is 5.70. The molecule has 16 heteroatoms. The van der Waals surface area contributed by atoms with Gasteiger partial charge in [-0.25, -0.2) is 8.42 Å². The second-order valence-electron chi connectivity index (χ2n) is 12.1. The number of hydrogen-bond donors (Lipinski definition) is 2. The predicted molar refractivity (Wildman–Crippen MR) is 146 cm³/mol. The monoisotopic (exact) mass is 639 g/mol. The molecule has 2 saturated carbocycles. The van der Waals surface area contributed by atoms with Crippen molar-refractivity contribution >= 4 is 39.2 Å². The van der Waals surface area contributed by atoms with E-state index in [1.807, 2.05) is 6.07 Å². The molecule has 4 aliphatic rings. The molecule has 44 heavy (non-hydrogen) atoms. The normalized spacial score (nSPS) is 24.4. The highest BCUT2D eigenvalue weighted by Crippen LogP contribution is 2.42. The first kappa shape index (κ1) is 31.6. The molecule has 0 radical (unpaired) electrons. The van der Waals surface area contributed by atoms with E-state index in [4.69, 9.17) is 4.74 Å². The number of likely N-dealkylation sites (N-methyl/N-ethyl adjacent to an activating group) is 1. The van der Waals surface area contributed by atoms with Gasteiger partial charge < -0.3 is 25.2 Å². The van der Waals surface area contributed by atoms with E-state index in [0.717, 1.165) is 28.9 Å². The second kappa shape index (κ2) is 11.2. The third-order valence-electron chi connectivity index (χ3n) is 8.59. The lowest BCUT2D eigenvalue weighted by Crippen LogP contribution is -2.58. The predicted octanol–water partition coefficient (Wildman–Crippen LogP) is 1.76. The molecule has 4 atom stereocenters. The molecule has 2 aliphatic carbocycles. The van der Waals surface area contributed by atoms with Crippen LogP contribution in [0.4, 0.5) is 18.9 Å². The number of nitriles is 1. The molecule has 3 fully saturated rings. The molecular formula is C28H32F3N5O7S. The number of fused-ring (bicyclic) bond motifs is 1. The Morgan fingerprint density at radius 2 is 1.84 bits per heavy atom. The van der Waals surface area contributed by atoms with Gasteiger partial charge in [0.2, 0.25) is 17.4 Å². The number of carbonyl (C=O) groups excluding carboxylic acids is 4. The largest absolute Gasteiger partial charge is 0.473 e. The second-order valence-corrected chi connectivity index (χ2v) is 14.2. The summed E-state index contributed by atoms with van der Waals surface area (Å²) in [6, 6.07) is 2.09. The maximum Gasteiger partial charge on any atom is 0.471 e. The van der Waals surface area contributed by atoms with E-state index in [1.165, 1.54) is 25.2 Å². The molecule has 1 saturated heterocycles. The van der Waals surface area contributed by atoms with Gasteiger partial charge in [0.25, 0.3) is 5.91 Å². The quantitative estimate of drug-likeness (QED) is 0.413. The summed E-state index contributed by atoms with van der Waals surface area (Å²) in [5.74, 6) is -4.35. The molecule has 0 aromatic heterocycles. The summed E-state index contributed by atoms with van der Waals surface area (Å²) in [4.78, 5) is 54.8. The van der Waals surface area contributed by atoms with Gasteiger partial charge in [-0.1, -0.05) is 25.7 Å². The Kier molecular flexibility index (Phi) is 8.06. The van der Waals surface area contributed by atoms with Crippen LogP contribution >= 0.6 is 0 Å². The van der Waals surface area contributed by atoms with E-state index >= 15 is 0 Å². The van der Waals surface area contributed by atoms with Crippen molar-refractivity contribution in [3.8, 4) is 11.8 Å². The van der Waals surface area contributed by atoms with Crippen LogP contribution in [0.25, 0.3) is 0 Å². The zero-order valence-corrected chi connectivity index (χ0v) is 24.8. The minimum absolute atomic E-state index is 0.00807. The Bertz CT molecular complexity index is 1540. The summed E-state index contributed by atoms with van der Waals surface area (Å²) in [5, 5.41) is 14.4. The molecule has 0 unspecified atom stereocenters. The van der Waals surface area contributed by atoms with Gasteiger partial charge in [-0.15, -0.1) is 0 Å². The number of rotatable bonds is 9. The average Bonchev–Trinajstić information content (AvgIpc) is 3.89. The first-order valence-electron chi connectivity index (χ1n) is 14.2. The maximum absolute atomic E-state index is 14.1. The molecular weight excluding hydrogens is 607 g/mol. The van der Waals surface area contributed by atoms with Crippen LogP contribution in [0, 0.1) is 23.2 Å². The van der Waals surface area contributed by atoms with Crippen molar-refractivity contribution in [1.29, 1.82) is 5.26 Å². The molecule has 0 bridgehead atoms. The Labute approximate surface area is 251 Å². The van der Waals surface area contributed by atoms with E-state index in [1.54, 1.807) is 5.32 Å². The van der Waals surface area contributed by atoms with Gasteiger partial charge >= 0.3 is 12.1 Å². The van der Waals surface area contributed by atoms with Crippen molar-refractivity contribution in [3.63, 3.8) is 0 Å². The van der Waals surface area contributed by atoms with Gasteiger partial charge in [0.05, 0.1) is 23.2 Å². The lowest BCUT2D eigenvalue weighted by molar-refractivity contribution is -0.175. The summed E-state index contributed by atoms with van der Waals surface area (Å²) >= 11 is 0. The van der Waals surface area contributed by atoms with Crippen LogP contribution in [0.3, 0.4) is 0 Å². The van der Waals surface area contributed by atoms with Crippen LogP contribution in [0.1, 0.15) is 44.9 Å². The van der Waals surface area contributed by atoms with Crippen molar-refractivity contribution in [2.45, 2.75) is 79.7 Å². The molecule has 2 aliphatic heterocycles. The molecule has 238 valence electrons. The van der Waals surface area contributed by atoms with E-state index < -0.39 is 69.9 Å². The number of likely N-dealkylation sites (tertiary alicyclic amines) is 1. The van der Waals surface area contributed by atoms with Crippen LogP contribution in [-0.4, -0.2) is 91.6 Å². The Morgan fingerprint density at radius 3 is 2.41 bits per heavy atom. The summed E-state index contributed by atoms with van der Waals surface area (Å²) in [5.41, 5.74) is -1.52. The number of halogens is 3. The number of alkyl halides is 3. The molecule has 2 heterocycles. The van der Waals surface area contributed by atoms with Gasteiger partial charge in [0.15, 0.2) is 9.84 Å². The van der Waals surface area contributed by atoms with E-state index in [0.29, 0.717) is 12.8 Å². The highest BCUT2D eigenvalue weighted by atomic mass is 32.2. The van der Waals surface area contributed by atoms with Crippen LogP contribution in [0.5, 0.6) is 5.75 Å². The van der Waals surface area contributed by atoms with Crippen molar-refractivity contribution in [2.75, 3.05) is 25.2 Å². The Balaban J connectivity index is 1.40. The van der Waals surface area contributed by atoms with Gasteiger partial charge in [-0.05, 0) is 36.8 Å². The zero-order chi connectivity index (χ0) is 32.2. The first-order valence-corrected chi connectivity index (χ1v) is 16.1. The third-order valence-corrected chi connectivity index (χ3v) is 9.70. The number of benzene rings is 1. The molecule has 12 nitrogen and oxygen atoms in total. The SMILES string of the molecule is CN(C(=O)[C@H](CC1CC1)NC(=O)C(F)(F)F)[C@H](CC1CC1)C(=O)N1C[C@@]2(C[C@H]1C#N)Oc1cc(S(C)(=O)=O)ccc1NC2=O. The van der Waals surface area contributed by atoms with E-state index in [2.05, 4.69) is 5.32 Å². The van der Waals surface area contributed by atoms with Gasteiger partial charge in [0, 0.05) is 25.8 Å². The lowest BCUT2D eigenvalue weighted by Gasteiger charge is -2.36. The minimum Gasteiger partial charge on any atom is -0.473 e. The number of amides is 4. The van der Waals surface area contributed by atoms with Gasteiger partial charge in [-0.3, -0.25) is 19.2 Å². The zero-order valence-electron chi connectivity index (χ0n) is 24.0. The number of sulfone groups is 1. The number of carbonyl (C=O) groups is 4. The summed E-state index contributed by atoms with van der Waals surface area (Å²) in [7, 11) is -2.34. The standard InChI is InChI=1S/C28H32F3N5O7S/c1-35(23(37)20(9-15-3-4-15)34-26(40)28(29,30)31)21(10-16-5-6-16)24(38)36-14-27(12-17(36)13-32)25(39)33-19-8-7-18(44(2,41)42)11-22(19)43-27/h7-8,11,15-17,20-21H,3-6,9-10,12,14H2,1-2H3,(H,33,39)(H,34,40)/t17-,20-,21+,27+/m0/s1. The molecule has 5 rings (SSSR count). The third kappa shape index (κ3) is 6.47. The highest BCUT2D eigenvalue weighted by molar-refractivity contribution is 7.90. The van der Waals surface area contributed by atoms with Crippen molar-refractivity contribution < 1.29 is 45.5 Å². The van der Waals surface area contributed by atoms with E-state index in [9.17, 15) is 46.0 Å². The van der Waals surface area contributed by atoms with E-state index in [-0.39, 0.29) is 47.4 Å². The number of hydrogen-bond acceptors (Lipinski definition) is 8. The minimum atomic E-state index is -5.20. The summed E-state index contributed by atoms with van der Waals surface area (Å²) in [6.07, 6.45) is -1.30. The Hall–Kier alpha value is -3.87. The van der Waals surface area contributed by atoms with Crippen LogP contribution < -0.4 is 15.4 Å².